The number of fused-ring (bicyclic) bond motifs is 6. The highest BCUT2D eigenvalue weighted by molar-refractivity contribution is 6.27. The van der Waals surface area contributed by atoms with Crippen molar-refractivity contribution in [1.29, 1.82) is 0 Å². The fourth-order valence-corrected chi connectivity index (χ4v) is 11.8. The van der Waals surface area contributed by atoms with Crippen molar-refractivity contribution in [1.82, 2.24) is 0 Å². The van der Waals surface area contributed by atoms with E-state index < -0.39 is 35.8 Å². The van der Waals surface area contributed by atoms with Gasteiger partial charge in [-0.3, -0.25) is 0 Å². The molecular formula is C90H96O18. The molecule has 0 aliphatic rings. The minimum atomic E-state index is -0.831. The summed E-state index contributed by atoms with van der Waals surface area (Å²) >= 11 is 0. The van der Waals surface area contributed by atoms with E-state index in [4.69, 9.17) is 56.8 Å². The molecule has 0 amide bonds. The Labute approximate surface area is 631 Å². The van der Waals surface area contributed by atoms with E-state index in [-0.39, 0.29) is 100 Å². The summed E-state index contributed by atoms with van der Waals surface area (Å²) in [4.78, 5) is 88.2. The van der Waals surface area contributed by atoms with E-state index in [9.17, 15) is 28.8 Å². The zero-order chi connectivity index (χ0) is 76.0. The van der Waals surface area contributed by atoms with E-state index >= 15 is 0 Å². The van der Waals surface area contributed by atoms with Crippen LogP contribution in [-0.2, 0) is 0 Å². The Morgan fingerprint density at radius 3 is 0.444 bits per heavy atom. The molecule has 10 aromatic carbocycles. The van der Waals surface area contributed by atoms with E-state index in [1.54, 1.807) is 146 Å². The van der Waals surface area contributed by atoms with E-state index in [1.807, 2.05) is 0 Å². The molecule has 0 fully saturated rings. The molecule has 0 N–H and O–H groups in total. The van der Waals surface area contributed by atoms with Gasteiger partial charge >= 0.3 is 35.8 Å². The van der Waals surface area contributed by atoms with Gasteiger partial charge < -0.3 is 56.8 Å². The van der Waals surface area contributed by atoms with Crippen molar-refractivity contribution < 1.29 is 85.6 Å². The maximum absolute atomic E-state index is 14.7. The van der Waals surface area contributed by atoms with Crippen LogP contribution in [0.2, 0.25) is 0 Å². The van der Waals surface area contributed by atoms with Crippen molar-refractivity contribution in [3.05, 3.63) is 215 Å². The maximum Gasteiger partial charge on any atom is 0.343 e. The summed E-state index contributed by atoms with van der Waals surface area (Å²) in [7, 11) is 0. The highest BCUT2D eigenvalue weighted by Gasteiger charge is 2.27. The zero-order valence-electron chi connectivity index (χ0n) is 62.6. The number of unbranched alkanes of at least 4 members (excludes halogenated alkanes) is 12. The first-order valence-electron chi connectivity index (χ1n) is 38.0. The maximum atomic E-state index is 14.7. The smallest absolute Gasteiger partial charge is 0.343 e. The van der Waals surface area contributed by atoms with Crippen LogP contribution in [0.4, 0.5) is 0 Å². The van der Waals surface area contributed by atoms with E-state index in [0.717, 1.165) is 116 Å². The van der Waals surface area contributed by atoms with Gasteiger partial charge in [0, 0.05) is 0 Å². The standard InChI is InChI=1S/C90H96O18/c1-7-13-19-49-97-67-37-25-61(26-38-67)85(91)103-79-55-73-74(56-80(79)104-86(92)62-27-39-68(40-28-62)98-50-20-14-8-2)76-58-82(106-88(94)64-31-43-70(44-32-64)100-52-22-16-10-4)84(108-90(96)66-35-47-72(48-36-66)102-54-24-18-12-6)60-78(76)77-59-83(107-89(95)65-33-45-71(46-34-65)101-53-23-17-11-5)81(57-75(73)77)105-87(93)63-29-41-69(42-30-63)99-51-21-15-9-3/h25-48,55-60H,7-24,49-54H2,1-6H3. The summed E-state index contributed by atoms with van der Waals surface area (Å²) in [5.41, 5.74) is 0.786. The van der Waals surface area contributed by atoms with Gasteiger partial charge in [-0.1, -0.05) is 119 Å². The number of rotatable bonds is 42. The zero-order valence-corrected chi connectivity index (χ0v) is 62.6. The molecule has 564 valence electrons. The Kier molecular flexibility index (Phi) is 30.0. The van der Waals surface area contributed by atoms with Crippen molar-refractivity contribution in [3.8, 4) is 69.0 Å². The Balaban J connectivity index is 1.18. The Bertz CT molecular complexity index is 3830. The average molecular weight is 1470 g/mol. The minimum absolute atomic E-state index is 0.131. The van der Waals surface area contributed by atoms with Crippen LogP contribution < -0.4 is 56.8 Å². The third kappa shape index (κ3) is 22.3. The summed E-state index contributed by atoms with van der Waals surface area (Å²) < 4.78 is 74.0. The lowest BCUT2D eigenvalue weighted by molar-refractivity contribution is 0.0682. The number of hydrogen-bond donors (Lipinski definition) is 0. The largest absolute Gasteiger partial charge is 0.494 e. The number of benzene rings is 10. The van der Waals surface area contributed by atoms with Crippen LogP contribution in [0.5, 0.6) is 69.0 Å². The molecule has 10 aromatic rings. The quantitative estimate of drug-likeness (QED) is 0.0150. The molecule has 0 atom stereocenters. The Hall–Kier alpha value is -11.4. The number of ether oxygens (including phenoxy) is 12. The summed E-state index contributed by atoms with van der Waals surface area (Å²) in [5.74, 6) is -3.08. The highest BCUT2D eigenvalue weighted by atomic mass is 16.6. The molecule has 0 unspecified atom stereocenters. The molecule has 0 aromatic heterocycles. The molecule has 108 heavy (non-hydrogen) atoms. The number of hydrogen-bond acceptors (Lipinski definition) is 18. The summed E-state index contributed by atoms with van der Waals surface area (Å²) in [6.07, 6.45) is 17.1. The van der Waals surface area contributed by atoms with Gasteiger partial charge in [0.25, 0.3) is 0 Å². The Morgan fingerprint density at radius 2 is 0.324 bits per heavy atom. The predicted octanol–water partition coefficient (Wildman–Crippen LogP) is 21.9. The highest BCUT2D eigenvalue weighted by Crippen LogP contribution is 2.48. The molecule has 0 saturated heterocycles. The van der Waals surface area contributed by atoms with Gasteiger partial charge in [0.1, 0.15) is 34.5 Å². The van der Waals surface area contributed by atoms with Crippen LogP contribution >= 0.6 is 0 Å². The molecule has 0 saturated carbocycles. The SMILES string of the molecule is CCCCCOc1ccc(C(=O)Oc2cc3c4cc(OC(=O)c5ccc(OCCCCC)cc5)c(OC(=O)c5ccc(OCCCCC)cc5)cc4c4cc(OC(=O)c5ccc(OCCCCC)cc5)c(OC(=O)c5ccc(OCCCCC)cc5)cc4c3cc2OC(=O)c2ccc(OCCCCC)cc2)cc1. The number of carbonyl (C=O) groups is 6. The summed E-state index contributed by atoms with van der Waals surface area (Å²) in [6, 6.07) is 47.8. The average Bonchev–Trinajstić information content (AvgIpc) is 0.722. The molecular weight excluding hydrogens is 1370 g/mol. The topological polar surface area (TPSA) is 213 Å². The van der Waals surface area contributed by atoms with Crippen molar-refractivity contribution in [2.24, 2.45) is 0 Å². The first-order valence-corrected chi connectivity index (χ1v) is 38.0. The van der Waals surface area contributed by atoms with Gasteiger partial charge in [0.05, 0.1) is 73.0 Å². The van der Waals surface area contributed by atoms with E-state index in [2.05, 4.69) is 41.5 Å². The monoisotopic (exact) mass is 1460 g/mol. The number of esters is 6. The molecule has 10 rings (SSSR count). The van der Waals surface area contributed by atoms with Gasteiger partial charge in [0.2, 0.25) is 0 Å². The first kappa shape index (κ1) is 79.2. The Morgan fingerprint density at radius 1 is 0.194 bits per heavy atom. The molecule has 0 spiro atoms. The van der Waals surface area contributed by atoms with Crippen molar-refractivity contribution in [3.63, 3.8) is 0 Å². The van der Waals surface area contributed by atoms with Gasteiger partial charge in [0.15, 0.2) is 34.5 Å². The molecule has 0 aliphatic heterocycles. The van der Waals surface area contributed by atoms with Gasteiger partial charge in [-0.15, -0.1) is 0 Å². The number of carbonyl (C=O) groups excluding carboxylic acids is 6. The minimum Gasteiger partial charge on any atom is -0.494 e. The van der Waals surface area contributed by atoms with Crippen LogP contribution in [0.25, 0.3) is 32.3 Å². The lowest BCUT2D eigenvalue weighted by Gasteiger charge is -2.19. The van der Waals surface area contributed by atoms with Gasteiger partial charge in [-0.25, -0.2) is 28.8 Å². The summed E-state index contributed by atoms with van der Waals surface area (Å²) in [6.45, 7) is 15.5. The third-order valence-electron chi connectivity index (χ3n) is 18.0. The van der Waals surface area contributed by atoms with Crippen molar-refractivity contribution in [2.75, 3.05) is 39.6 Å². The molecule has 0 aliphatic carbocycles. The van der Waals surface area contributed by atoms with Crippen LogP contribution in [0, 0.1) is 0 Å². The lowest BCUT2D eigenvalue weighted by atomic mass is 9.93. The van der Waals surface area contributed by atoms with Gasteiger partial charge in [-0.05, 0) is 253 Å². The second-order valence-corrected chi connectivity index (χ2v) is 26.4. The second kappa shape index (κ2) is 40.9. The van der Waals surface area contributed by atoms with Crippen molar-refractivity contribution >= 4 is 68.1 Å². The van der Waals surface area contributed by atoms with Crippen molar-refractivity contribution in [2.45, 2.75) is 157 Å². The molecule has 18 heteroatoms. The van der Waals surface area contributed by atoms with Crippen LogP contribution in [-0.4, -0.2) is 75.5 Å². The first-order chi connectivity index (χ1) is 52.8. The molecule has 0 heterocycles. The normalized spacial score (nSPS) is 11.1. The predicted molar refractivity (Wildman–Crippen MR) is 417 cm³/mol. The van der Waals surface area contributed by atoms with Crippen LogP contribution in [0.3, 0.4) is 0 Å². The third-order valence-corrected chi connectivity index (χ3v) is 18.0. The van der Waals surface area contributed by atoms with Crippen LogP contribution in [0.1, 0.15) is 219 Å². The van der Waals surface area contributed by atoms with Crippen LogP contribution in [0.15, 0.2) is 182 Å². The fraction of sp³-hybridized carbons (Fsp3) is 0.333. The van der Waals surface area contributed by atoms with E-state index in [0.29, 0.717) is 74.1 Å². The summed E-state index contributed by atoms with van der Waals surface area (Å²) in [5, 5.41) is 1.69. The molecule has 0 radical (unpaired) electrons. The fourth-order valence-electron chi connectivity index (χ4n) is 11.8. The molecule has 0 bridgehead atoms. The second-order valence-electron chi connectivity index (χ2n) is 26.4. The van der Waals surface area contributed by atoms with Gasteiger partial charge in [-0.2, -0.15) is 0 Å². The van der Waals surface area contributed by atoms with E-state index in [1.165, 1.54) is 36.4 Å². The molecule has 18 nitrogen and oxygen atoms in total. The lowest BCUT2D eigenvalue weighted by Crippen LogP contribution is -2.14.